The average molecular weight is 286 g/mol. The van der Waals surface area contributed by atoms with E-state index < -0.39 is 10.0 Å². The molecule has 0 unspecified atom stereocenters. The second-order valence-corrected chi connectivity index (χ2v) is 6.21. The van der Waals surface area contributed by atoms with Crippen molar-refractivity contribution in [2.24, 2.45) is 0 Å². The van der Waals surface area contributed by atoms with E-state index in [0.29, 0.717) is 44.2 Å². The Morgan fingerprint density at radius 2 is 2.11 bits per heavy atom. The van der Waals surface area contributed by atoms with Crippen LogP contribution in [-0.2, 0) is 14.8 Å². The quantitative estimate of drug-likeness (QED) is 0.827. The fourth-order valence-corrected chi connectivity index (χ4v) is 3.44. The fraction of sp³-hybridized carbons (Fsp3) is 0.500. The molecule has 1 aliphatic heterocycles. The Labute approximate surface area is 113 Å². The number of methoxy groups -OCH3 is 1. The molecule has 1 fully saturated rings. The molecule has 106 valence electrons. The fourth-order valence-electron chi connectivity index (χ4n) is 1.96. The number of rotatable bonds is 3. The van der Waals surface area contributed by atoms with E-state index >= 15 is 0 Å². The maximum absolute atomic E-state index is 12.5. The van der Waals surface area contributed by atoms with Crippen molar-refractivity contribution in [2.45, 2.75) is 11.3 Å². The van der Waals surface area contributed by atoms with Crippen LogP contribution in [0.3, 0.4) is 0 Å². The summed E-state index contributed by atoms with van der Waals surface area (Å²) in [5, 5.41) is 0. The molecule has 0 aliphatic carbocycles. The predicted molar refractivity (Wildman–Crippen MR) is 71.6 cm³/mol. The van der Waals surface area contributed by atoms with Gasteiger partial charge in [0.05, 0.1) is 24.3 Å². The van der Waals surface area contributed by atoms with Crippen LogP contribution >= 0.6 is 0 Å². The monoisotopic (exact) mass is 286 g/mol. The van der Waals surface area contributed by atoms with Crippen LogP contribution in [0.15, 0.2) is 23.1 Å². The highest BCUT2D eigenvalue weighted by Gasteiger charge is 2.26. The summed E-state index contributed by atoms with van der Waals surface area (Å²) < 4.78 is 36.8. The molecule has 19 heavy (non-hydrogen) atoms. The normalized spacial score (nSPS) is 17.9. The molecule has 1 heterocycles. The molecule has 0 radical (unpaired) electrons. The number of nitrogens with two attached hydrogens (primary N) is 1. The lowest BCUT2D eigenvalue weighted by molar-refractivity contribution is 0.148. The molecule has 0 spiro atoms. The minimum Gasteiger partial charge on any atom is -0.495 e. The second kappa shape index (κ2) is 5.77. The third kappa shape index (κ3) is 2.99. The Hall–Kier alpha value is -1.31. The first-order valence-corrected chi connectivity index (χ1v) is 7.51. The molecule has 2 N–H and O–H groups in total. The maximum atomic E-state index is 12.5. The maximum Gasteiger partial charge on any atom is 0.243 e. The zero-order valence-electron chi connectivity index (χ0n) is 10.8. The largest absolute Gasteiger partial charge is 0.495 e. The van der Waals surface area contributed by atoms with Crippen molar-refractivity contribution in [1.82, 2.24) is 4.31 Å². The Kier molecular flexibility index (Phi) is 4.28. The average Bonchev–Trinajstić information content (AvgIpc) is 2.68. The molecule has 0 aromatic heterocycles. The van der Waals surface area contributed by atoms with Gasteiger partial charge in [0.15, 0.2) is 0 Å². The zero-order chi connectivity index (χ0) is 13.9. The number of hydrogen-bond acceptors (Lipinski definition) is 5. The first-order valence-electron chi connectivity index (χ1n) is 6.07. The van der Waals surface area contributed by atoms with Gasteiger partial charge in [-0.3, -0.25) is 0 Å². The van der Waals surface area contributed by atoms with Crippen LogP contribution in [0.5, 0.6) is 5.75 Å². The van der Waals surface area contributed by atoms with Gasteiger partial charge in [-0.15, -0.1) is 0 Å². The van der Waals surface area contributed by atoms with Gasteiger partial charge < -0.3 is 15.2 Å². The van der Waals surface area contributed by atoms with Gasteiger partial charge in [0.25, 0.3) is 0 Å². The van der Waals surface area contributed by atoms with Gasteiger partial charge in [-0.05, 0) is 18.6 Å². The summed E-state index contributed by atoms with van der Waals surface area (Å²) in [4.78, 5) is 0.195. The van der Waals surface area contributed by atoms with Gasteiger partial charge in [0.2, 0.25) is 10.0 Å². The molecule has 1 aromatic carbocycles. The highest BCUT2D eigenvalue weighted by atomic mass is 32.2. The van der Waals surface area contributed by atoms with E-state index in [1.54, 1.807) is 6.07 Å². The van der Waals surface area contributed by atoms with Crippen LogP contribution in [0.4, 0.5) is 5.69 Å². The summed E-state index contributed by atoms with van der Waals surface area (Å²) in [7, 11) is -2.06. The number of benzene rings is 1. The number of sulfonamides is 1. The topological polar surface area (TPSA) is 81.9 Å². The van der Waals surface area contributed by atoms with E-state index in [4.69, 9.17) is 15.2 Å². The Bertz CT molecular complexity index is 537. The molecule has 0 bridgehead atoms. The molecule has 1 aliphatic rings. The molecule has 7 heteroatoms. The SMILES string of the molecule is COc1cc(S(=O)(=O)N2CCCOCC2)ccc1N. The van der Waals surface area contributed by atoms with Crippen molar-refractivity contribution in [2.75, 3.05) is 39.1 Å². The smallest absolute Gasteiger partial charge is 0.243 e. The molecule has 1 saturated heterocycles. The lowest BCUT2D eigenvalue weighted by Crippen LogP contribution is -2.33. The first-order chi connectivity index (χ1) is 9.05. The van der Waals surface area contributed by atoms with Crippen LogP contribution in [0, 0.1) is 0 Å². The number of anilines is 1. The van der Waals surface area contributed by atoms with E-state index in [1.165, 1.54) is 23.5 Å². The number of nitrogen functional groups attached to an aromatic ring is 1. The van der Waals surface area contributed by atoms with Crippen LogP contribution < -0.4 is 10.5 Å². The van der Waals surface area contributed by atoms with E-state index in [9.17, 15) is 8.42 Å². The highest BCUT2D eigenvalue weighted by molar-refractivity contribution is 7.89. The third-order valence-corrected chi connectivity index (χ3v) is 4.92. The molecule has 1 aromatic rings. The van der Waals surface area contributed by atoms with E-state index in [-0.39, 0.29) is 4.90 Å². The Morgan fingerprint density at radius 1 is 1.32 bits per heavy atom. The van der Waals surface area contributed by atoms with Crippen molar-refractivity contribution in [3.63, 3.8) is 0 Å². The summed E-state index contributed by atoms with van der Waals surface area (Å²) in [5.41, 5.74) is 6.11. The van der Waals surface area contributed by atoms with Gasteiger partial charge >= 0.3 is 0 Å². The number of nitrogens with zero attached hydrogens (tertiary/aromatic N) is 1. The van der Waals surface area contributed by atoms with Gasteiger partial charge in [-0.25, -0.2) is 8.42 Å². The second-order valence-electron chi connectivity index (χ2n) is 4.27. The van der Waals surface area contributed by atoms with Crippen LogP contribution in [-0.4, -0.2) is 46.1 Å². The van der Waals surface area contributed by atoms with E-state index in [0.717, 1.165) is 0 Å². The van der Waals surface area contributed by atoms with Crippen LogP contribution in [0.25, 0.3) is 0 Å². The molecular formula is C12H18N2O4S. The summed E-state index contributed by atoms with van der Waals surface area (Å²) in [6.45, 7) is 1.85. The zero-order valence-corrected chi connectivity index (χ0v) is 11.6. The minimum absolute atomic E-state index is 0.195. The summed E-state index contributed by atoms with van der Waals surface area (Å²) in [6.07, 6.45) is 0.700. The standard InChI is InChI=1S/C12H18N2O4S/c1-17-12-9-10(3-4-11(12)13)19(15,16)14-5-2-7-18-8-6-14/h3-4,9H,2,5-8,13H2,1H3. The Balaban J connectivity index is 2.32. The van der Waals surface area contributed by atoms with E-state index in [2.05, 4.69) is 0 Å². The highest BCUT2D eigenvalue weighted by Crippen LogP contribution is 2.26. The lowest BCUT2D eigenvalue weighted by Gasteiger charge is -2.19. The summed E-state index contributed by atoms with van der Waals surface area (Å²) >= 11 is 0. The third-order valence-electron chi connectivity index (χ3n) is 3.02. The van der Waals surface area contributed by atoms with Crippen LogP contribution in [0.1, 0.15) is 6.42 Å². The predicted octanol–water partition coefficient (Wildman–Crippen LogP) is 0.688. The Morgan fingerprint density at radius 3 is 2.84 bits per heavy atom. The van der Waals surface area contributed by atoms with Gasteiger partial charge in [0, 0.05) is 25.8 Å². The summed E-state index contributed by atoms with van der Waals surface area (Å²) in [5.74, 6) is 0.368. The molecule has 0 amide bonds. The molecule has 0 atom stereocenters. The van der Waals surface area contributed by atoms with Crippen LogP contribution in [0.2, 0.25) is 0 Å². The lowest BCUT2D eigenvalue weighted by atomic mass is 10.3. The number of ether oxygens (including phenoxy) is 2. The van der Waals surface area contributed by atoms with Crippen molar-refractivity contribution >= 4 is 15.7 Å². The van der Waals surface area contributed by atoms with Crippen molar-refractivity contribution in [3.05, 3.63) is 18.2 Å². The number of hydrogen-bond donors (Lipinski definition) is 1. The van der Waals surface area contributed by atoms with Crippen molar-refractivity contribution in [3.8, 4) is 5.75 Å². The van der Waals surface area contributed by atoms with E-state index in [1.807, 2.05) is 0 Å². The summed E-state index contributed by atoms with van der Waals surface area (Å²) in [6, 6.07) is 4.50. The van der Waals surface area contributed by atoms with Gasteiger partial charge in [0.1, 0.15) is 5.75 Å². The molecular weight excluding hydrogens is 268 g/mol. The van der Waals surface area contributed by atoms with Crippen molar-refractivity contribution in [1.29, 1.82) is 0 Å². The molecule has 6 nitrogen and oxygen atoms in total. The minimum atomic E-state index is -3.52. The first kappa shape index (κ1) is 14.1. The van der Waals surface area contributed by atoms with Crippen molar-refractivity contribution < 1.29 is 17.9 Å². The van der Waals surface area contributed by atoms with Gasteiger partial charge in [-0.1, -0.05) is 0 Å². The molecule has 0 saturated carbocycles. The van der Waals surface area contributed by atoms with Gasteiger partial charge in [-0.2, -0.15) is 4.31 Å². The molecule has 2 rings (SSSR count).